The molecule has 3 N–H and O–H groups in total. The minimum atomic E-state index is -4.95. The highest BCUT2D eigenvalue weighted by Gasteiger charge is 2.30. The molecule has 0 heterocycles. The van der Waals surface area contributed by atoms with Gasteiger partial charge < -0.3 is 33.8 Å². The highest BCUT2D eigenvalue weighted by atomic mass is 31.2. The standard InChI is InChI=1S/C69H134O17P2/c1-8-9-10-11-12-29-36-43-50-66(71)79-56-65(86-69(74)53-46-39-32-25-28-35-42-49-62(6)7)59-84-88(77,78)82-55-63(70)54-81-87(75,76)83-58-64(57-80-67(72)51-44-37-30-23-20-16-18-22-27-34-41-48-61(4)5)85-68(73)52-45-38-31-24-19-15-13-14-17-21-26-33-40-47-60(2)3/h60-65,70H,8-59H2,1-7H3,(H,75,76)(H,77,78)/t63-,64-,65-/m1/s1. The predicted octanol–water partition coefficient (Wildman–Crippen LogP) is 19.5. The van der Waals surface area contributed by atoms with Crippen LogP contribution in [0.25, 0.3) is 0 Å². The van der Waals surface area contributed by atoms with E-state index >= 15 is 0 Å². The molecule has 0 bridgehead atoms. The number of rotatable bonds is 67. The van der Waals surface area contributed by atoms with Gasteiger partial charge in [0.1, 0.15) is 19.3 Å². The normalized spacial score (nSPS) is 14.2. The molecular formula is C69H134O17P2. The van der Waals surface area contributed by atoms with Gasteiger partial charge in [0.15, 0.2) is 12.2 Å². The second-order valence-corrected chi connectivity index (χ2v) is 29.3. The Bertz CT molecular complexity index is 1730. The van der Waals surface area contributed by atoms with Gasteiger partial charge >= 0.3 is 39.5 Å². The summed E-state index contributed by atoms with van der Waals surface area (Å²) in [7, 11) is -9.90. The van der Waals surface area contributed by atoms with Crippen molar-refractivity contribution >= 4 is 39.5 Å². The van der Waals surface area contributed by atoms with Gasteiger partial charge in [-0.1, -0.05) is 292 Å². The third kappa shape index (κ3) is 62.8. The molecule has 0 aliphatic carbocycles. The summed E-state index contributed by atoms with van der Waals surface area (Å²) in [6.07, 6.45) is 43.2. The van der Waals surface area contributed by atoms with Gasteiger partial charge in [0, 0.05) is 25.7 Å². The summed E-state index contributed by atoms with van der Waals surface area (Å²) in [5.74, 6) is 0.122. The maximum absolute atomic E-state index is 13.0. The fourth-order valence-electron chi connectivity index (χ4n) is 10.4. The number of aliphatic hydroxyl groups is 1. The number of unbranched alkanes of at least 4 members (excludes halogenated alkanes) is 35. The summed E-state index contributed by atoms with van der Waals surface area (Å²) in [6, 6.07) is 0. The number of aliphatic hydroxyl groups excluding tert-OH is 1. The van der Waals surface area contributed by atoms with E-state index in [0.717, 1.165) is 108 Å². The fraction of sp³-hybridized carbons (Fsp3) is 0.942. The van der Waals surface area contributed by atoms with Crippen molar-refractivity contribution in [3.63, 3.8) is 0 Å². The number of carbonyl (C=O) groups excluding carboxylic acids is 4. The first-order chi connectivity index (χ1) is 42.2. The molecule has 0 fully saturated rings. The number of esters is 4. The van der Waals surface area contributed by atoms with Crippen molar-refractivity contribution in [2.45, 2.75) is 362 Å². The Hall–Kier alpha value is -1.94. The Kier molecular flexibility index (Phi) is 58.7. The Morgan fingerprint density at radius 2 is 0.523 bits per heavy atom. The zero-order valence-corrected chi connectivity index (χ0v) is 59.0. The topological polar surface area (TPSA) is 237 Å². The predicted molar refractivity (Wildman–Crippen MR) is 354 cm³/mol. The molecule has 0 radical (unpaired) electrons. The minimum absolute atomic E-state index is 0.103. The molecule has 522 valence electrons. The maximum atomic E-state index is 13.0. The number of hydrogen-bond donors (Lipinski definition) is 3. The Balaban J connectivity index is 5.22. The first-order valence-electron chi connectivity index (χ1n) is 35.8. The molecule has 0 saturated heterocycles. The van der Waals surface area contributed by atoms with E-state index in [1.807, 2.05) is 0 Å². The van der Waals surface area contributed by atoms with Crippen LogP contribution in [0, 0.1) is 17.8 Å². The number of hydrogen-bond acceptors (Lipinski definition) is 15. The number of ether oxygens (including phenoxy) is 4. The molecular weight excluding hydrogens is 1160 g/mol. The fourth-order valence-corrected chi connectivity index (χ4v) is 11.9. The molecule has 0 aromatic carbocycles. The highest BCUT2D eigenvalue weighted by Crippen LogP contribution is 2.45. The molecule has 0 aromatic heterocycles. The monoisotopic (exact) mass is 1300 g/mol. The van der Waals surface area contributed by atoms with Crippen molar-refractivity contribution in [1.82, 2.24) is 0 Å². The smallest absolute Gasteiger partial charge is 0.462 e. The van der Waals surface area contributed by atoms with E-state index < -0.39 is 97.5 Å². The van der Waals surface area contributed by atoms with Crippen molar-refractivity contribution in [2.75, 3.05) is 39.6 Å². The van der Waals surface area contributed by atoms with Crippen LogP contribution < -0.4 is 0 Å². The largest absolute Gasteiger partial charge is 0.472 e. The third-order valence-corrected chi connectivity index (χ3v) is 17.8. The summed E-state index contributed by atoms with van der Waals surface area (Å²) in [6.45, 7) is 11.8. The van der Waals surface area contributed by atoms with E-state index in [9.17, 15) is 43.2 Å². The molecule has 0 spiro atoms. The molecule has 0 aromatic rings. The average Bonchev–Trinajstić information content (AvgIpc) is 3.60. The van der Waals surface area contributed by atoms with Crippen molar-refractivity contribution < 1.29 is 80.2 Å². The van der Waals surface area contributed by atoms with Gasteiger partial charge in [0.05, 0.1) is 26.4 Å². The van der Waals surface area contributed by atoms with Crippen molar-refractivity contribution in [3.8, 4) is 0 Å². The molecule has 0 aliphatic rings. The van der Waals surface area contributed by atoms with E-state index in [2.05, 4.69) is 48.5 Å². The van der Waals surface area contributed by atoms with Gasteiger partial charge in [-0.25, -0.2) is 9.13 Å². The summed E-state index contributed by atoms with van der Waals surface area (Å²) in [4.78, 5) is 72.4. The Labute approximate surface area is 537 Å². The SMILES string of the molecule is CCCCCCCCCCC(=O)OC[C@H](COP(=O)(O)OC[C@H](O)COP(=O)(O)OC[C@@H](COC(=O)CCCCCCCCCCCCCC(C)C)OC(=O)CCCCCCCCCCCCCCCC(C)C)OC(=O)CCCCCCCCCC(C)C. The van der Waals surface area contributed by atoms with E-state index in [0.29, 0.717) is 31.6 Å². The molecule has 5 atom stereocenters. The van der Waals surface area contributed by atoms with Crippen molar-refractivity contribution in [1.29, 1.82) is 0 Å². The average molecular weight is 1300 g/mol. The van der Waals surface area contributed by atoms with Crippen LogP contribution in [0.15, 0.2) is 0 Å². The number of phosphoric ester groups is 2. The Morgan fingerprint density at radius 1 is 0.307 bits per heavy atom. The lowest BCUT2D eigenvalue weighted by molar-refractivity contribution is -0.161. The van der Waals surface area contributed by atoms with Crippen LogP contribution in [0.3, 0.4) is 0 Å². The van der Waals surface area contributed by atoms with Gasteiger partial charge in [-0.15, -0.1) is 0 Å². The number of carbonyl (C=O) groups is 4. The molecule has 0 aliphatic heterocycles. The molecule has 0 saturated carbocycles. The summed E-state index contributed by atoms with van der Waals surface area (Å²) < 4.78 is 68.2. The lowest BCUT2D eigenvalue weighted by atomic mass is 10.0. The van der Waals surface area contributed by atoms with Gasteiger partial charge in [-0.2, -0.15) is 0 Å². The lowest BCUT2D eigenvalue weighted by Crippen LogP contribution is -2.30. The van der Waals surface area contributed by atoms with Gasteiger partial charge in [-0.05, 0) is 43.4 Å². The second kappa shape index (κ2) is 60.0. The van der Waals surface area contributed by atoms with Crippen LogP contribution in [0.1, 0.15) is 344 Å². The lowest BCUT2D eigenvalue weighted by Gasteiger charge is -2.21. The van der Waals surface area contributed by atoms with Gasteiger partial charge in [-0.3, -0.25) is 37.3 Å². The van der Waals surface area contributed by atoms with Crippen molar-refractivity contribution in [3.05, 3.63) is 0 Å². The van der Waals surface area contributed by atoms with Crippen LogP contribution >= 0.6 is 15.6 Å². The van der Waals surface area contributed by atoms with E-state index in [-0.39, 0.29) is 25.7 Å². The molecule has 88 heavy (non-hydrogen) atoms. The molecule has 0 rings (SSSR count). The van der Waals surface area contributed by atoms with E-state index in [4.69, 9.17) is 37.0 Å². The molecule has 2 unspecified atom stereocenters. The van der Waals surface area contributed by atoms with Crippen LogP contribution in [-0.2, 0) is 65.4 Å². The highest BCUT2D eigenvalue weighted by molar-refractivity contribution is 7.47. The number of phosphoric acid groups is 2. The quantitative estimate of drug-likeness (QED) is 0.0222. The van der Waals surface area contributed by atoms with Crippen LogP contribution in [0.5, 0.6) is 0 Å². The Morgan fingerprint density at radius 3 is 0.773 bits per heavy atom. The molecule has 19 heteroatoms. The van der Waals surface area contributed by atoms with Crippen LogP contribution in [0.2, 0.25) is 0 Å². The first-order valence-corrected chi connectivity index (χ1v) is 38.8. The summed E-state index contributed by atoms with van der Waals surface area (Å²) in [5, 5.41) is 10.6. The van der Waals surface area contributed by atoms with Crippen LogP contribution in [-0.4, -0.2) is 96.7 Å². The maximum Gasteiger partial charge on any atom is 0.472 e. The summed E-state index contributed by atoms with van der Waals surface area (Å²) >= 11 is 0. The second-order valence-electron chi connectivity index (χ2n) is 26.3. The molecule has 0 amide bonds. The van der Waals surface area contributed by atoms with E-state index in [1.54, 1.807) is 0 Å². The van der Waals surface area contributed by atoms with Crippen LogP contribution in [0.4, 0.5) is 0 Å². The third-order valence-electron chi connectivity index (χ3n) is 15.9. The van der Waals surface area contributed by atoms with Gasteiger partial charge in [0.2, 0.25) is 0 Å². The van der Waals surface area contributed by atoms with Gasteiger partial charge in [0.25, 0.3) is 0 Å². The van der Waals surface area contributed by atoms with Crippen molar-refractivity contribution in [2.24, 2.45) is 17.8 Å². The zero-order valence-electron chi connectivity index (χ0n) is 57.2. The first kappa shape index (κ1) is 86.1. The molecule has 17 nitrogen and oxygen atoms in total. The zero-order chi connectivity index (χ0) is 65.2. The van der Waals surface area contributed by atoms with E-state index in [1.165, 1.54) is 148 Å². The minimum Gasteiger partial charge on any atom is -0.462 e. The summed E-state index contributed by atoms with van der Waals surface area (Å²) in [5.41, 5.74) is 0.